The van der Waals surface area contributed by atoms with Crippen molar-refractivity contribution in [1.82, 2.24) is 10.2 Å². The number of morpholine rings is 1. The summed E-state index contributed by atoms with van der Waals surface area (Å²) in [4.78, 5) is 26.8. The van der Waals surface area contributed by atoms with Crippen molar-refractivity contribution in [3.05, 3.63) is 59.9 Å². The Labute approximate surface area is 169 Å². The number of hydrogen-bond donors (Lipinski definition) is 1. The molecule has 1 N–H and O–H groups in total. The number of rotatable bonds is 6. The minimum absolute atomic E-state index is 0.0456. The van der Waals surface area contributed by atoms with E-state index in [1.807, 2.05) is 24.3 Å². The van der Waals surface area contributed by atoms with Gasteiger partial charge in [0, 0.05) is 27.1 Å². The third-order valence-electron chi connectivity index (χ3n) is 5.10. The summed E-state index contributed by atoms with van der Waals surface area (Å²) in [7, 11) is 3.01. The number of hydrogen-bond acceptors (Lipinski definition) is 4. The van der Waals surface area contributed by atoms with E-state index < -0.39 is 5.60 Å². The first kappa shape index (κ1) is 21.0. The quantitative estimate of drug-likeness (QED) is 0.806. The van der Waals surface area contributed by atoms with Gasteiger partial charge in [-0.05, 0) is 28.8 Å². The van der Waals surface area contributed by atoms with E-state index in [0.717, 1.165) is 16.7 Å². The van der Waals surface area contributed by atoms with Gasteiger partial charge in [-0.3, -0.25) is 9.59 Å². The number of benzene rings is 2. The smallest absolute Gasteiger partial charge is 0.254 e. The predicted octanol–water partition coefficient (Wildman–Crippen LogP) is 2.03. The van der Waals surface area contributed by atoms with Crippen LogP contribution in [0.4, 0.5) is 4.39 Å². The van der Waals surface area contributed by atoms with Crippen LogP contribution in [-0.4, -0.2) is 62.8 Å². The van der Waals surface area contributed by atoms with E-state index in [2.05, 4.69) is 5.32 Å². The van der Waals surface area contributed by atoms with Gasteiger partial charge in [-0.2, -0.15) is 0 Å². The highest BCUT2D eigenvalue weighted by molar-refractivity contribution is 5.87. The average molecular weight is 400 g/mol. The van der Waals surface area contributed by atoms with E-state index in [1.165, 1.54) is 19.2 Å². The number of methoxy groups -OCH3 is 1. The van der Waals surface area contributed by atoms with Gasteiger partial charge in [0.15, 0.2) is 5.60 Å². The van der Waals surface area contributed by atoms with Crippen molar-refractivity contribution in [2.24, 2.45) is 0 Å². The van der Waals surface area contributed by atoms with Gasteiger partial charge in [0.1, 0.15) is 12.4 Å². The van der Waals surface area contributed by atoms with Crippen LogP contribution in [0.15, 0.2) is 48.5 Å². The summed E-state index contributed by atoms with van der Waals surface area (Å²) < 4.78 is 24.3. The van der Waals surface area contributed by atoms with Crippen molar-refractivity contribution >= 4 is 11.8 Å². The van der Waals surface area contributed by atoms with Crippen molar-refractivity contribution in [1.29, 1.82) is 0 Å². The topological polar surface area (TPSA) is 67.9 Å². The van der Waals surface area contributed by atoms with Gasteiger partial charge < -0.3 is 19.7 Å². The number of nitrogens with zero attached hydrogens (tertiary/aromatic N) is 1. The summed E-state index contributed by atoms with van der Waals surface area (Å²) in [6.07, 6.45) is 0.275. The highest BCUT2D eigenvalue weighted by Gasteiger charge is 2.45. The van der Waals surface area contributed by atoms with E-state index >= 15 is 0 Å². The van der Waals surface area contributed by atoms with Crippen molar-refractivity contribution in [3.8, 4) is 11.1 Å². The molecule has 1 atom stereocenters. The molecule has 2 aromatic carbocycles. The third-order valence-corrected chi connectivity index (χ3v) is 5.10. The Bertz CT molecular complexity index is 871. The van der Waals surface area contributed by atoms with Crippen LogP contribution in [0, 0.1) is 5.82 Å². The Balaban J connectivity index is 1.95. The highest BCUT2D eigenvalue weighted by Crippen LogP contribution is 2.30. The van der Waals surface area contributed by atoms with Gasteiger partial charge in [0.25, 0.3) is 5.91 Å². The lowest BCUT2D eigenvalue weighted by molar-refractivity contribution is -0.167. The Kier molecular flexibility index (Phi) is 6.61. The number of likely N-dealkylation sites (N-methyl/N-ethyl adjacent to an activating group) is 1. The first-order chi connectivity index (χ1) is 14.0. The second kappa shape index (κ2) is 9.15. The van der Waals surface area contributed by atoms with Gasteiger partial charge in [-0.1, -0.05) is 36.4 Å². The molecule has 0 spiro atoms. The highest BCUT2D eigenvalue weighted by atomic mass is 19.1. The molecule has 3 rings (SSSR count). The summed E-state index contributed by atoms with van der Waals surface area (Å²) in [5.41, 5.74) is 1.40. The molecule has 1 fully saturated rings. The normalized spacial score (nSPS) is 19.1. The zero-order chi connectivity index (χ0) is 20.9. The molecule has 154 valence electrons. The maximum Gasteiger partial charge on any atom is 0.254 e. The Morgan fingerprint density at radius 3 is 2.62 bits per heavy atom. The van der Waals surface area contributed by atoms with Crippen LogP contribution in [0.1, 0.15) is 5.56 Å². The number of amides is 2. The van der Waals surface area contributed by atoms with E-state index in [-0.39, 0.29) is 43.8 Å². The monoisotopic (exact) mass is 400 g/mol. The van der Waals surface area contributed by atoms with Crippen LogP contribution in [0.3, 0.4) is 0 Å². The molecule has 29 heavy (non-hydrogen) atoms. The molecule has 1 unspecified atom stereocenters. The van der Waals surface area contributed by atoms with Crippen LogP contribution in [0.5, 0.6) is 0 Å². The zero-order valence-corrected chi connectivity index (χ0v) is 16.6. The Morgan fingerprint density at radius 2 is 1.93 bits per heavy atom. The van der Waals surface area contributed by atoms with Crippen molar-refractivity contribution in [2.45, 2.75) is 12.0 Å². The Morgan fingerprint density at radius 1 is 1.21 bits per heavy atom. The molecular weight excluding hydrogens is 375 g/mol. The fraction of sp³-hybridized carbons (Fsp3) is 0.364. The lowest BCUT2D eigenvalue weighted by atomic mass is 9.87. The fourth-order valence-electron chi connectivity index (χ4n) is 3.66. The van der Waals surface area contributed by atoms with E-state index in [0.29, 0.717) is 6.54 Å². The first-order valence-electron chi connectivity index (χ1n) is 9.46. The molecular formula is C22H25FN2O4. The zero-order valence-electron chi connectivity index (χ0n) is 16.6. The number of halogens is 1. The van der Waals surface area contributed by atoms with Crippen LogP contribution in [-0.2, 0) is 25.5 Å². The second-order valence-electron chi connectivity index (χ2n) is 7.01. The van der Waals surface area contributed by atoms with Gasteiger partial charge in [0.2, 0.25) is 5.91 Å². The van der Waals surface area contributed by atoms with Crippen LogP contribution in [0.25, 0.3) is 11.1 Å². The first-order valence-corrected chi connectivity index (χ1v) is 9.46. The molecule has 1 aliphatic rings. The molecule has 1 heterocycles. The lowest BCUT2D eigenvalue weighted by Gasteiger charge is -2.41. The number of carbonyl (C=O) groups is 2. The standard InChI is InChI=1S/C22H25FN2O4/c1-24-21(27)22(15-25(11-12-29-22)20(26)14-28-2)13-17-5-3-4-6-19(17)16-7-9-18(23)10-8-16/h3-10H,11-15H2,1-2H3,(H,24,27). The fourth-order valence-corrected chi connectivity index (χ4v) is 3.66. The second-order valence-corrected chi connectivity index (χ2v) is 7.01. The molecule has 0 saturated carbocycles. The molecule has 0 bridgehead atoms. The number of nitrogens with one attached hydrogen (secondary N) is 1. The molecule has 0 aliphatic carbocycles. The summed E-state index contributed by atoms with van der Waals surface area (Å²) in [6.45, 7) is 0.741. The van der Waals surface area contributed by atoms with Gasteiger partial charge in [-0.15, -0.1) is 0 Å². The Hall–Kier alpha value is -2.77. The number of ether oxygens (including phenoxy) is 2. The molecule has 2 amide bonds. The molecule has 6 nitrogen and oxygen atoms in total. The maximum absolute atomic E-state index is 13.3. The summed E-state index contributed by atoms with van der Waals surface area (Å²) in [6, 6.07) is 13.8. The maximum atomic E-state index is 13.3. The van der Waals surface area contributed by atoms with Crippen molar-refractivity contribution in [2.75, 3.05) is 40.5 Å². The van der Waals surface area contributed by atoms with E-state index in [4.69, 9.17) is 9.47 Å². The van der Waals surface area contributed by atoms with E-state index in [1.54, 1.807) is 24.1 Å². The molecule has 7 heteroatoms. The minimum atomic E-state index is -1.22. The van der Waals surface area contributed by atoms with Crippen LogP contribution in [0.2, 0.25) is 0 Å². The third kappa shape index (κ3) is 4.63. The average Bonchev–Trinajstić information content (AvgIpc) is 2.74. The van der Waals surface area contributed by atoms with Crippen LogP contribution < -0.4 is 5.32 Å². The summed E-state index contributed by atoms with van der Waals surface area (Å²) in [5.74, 6) is -0.784. The largest absolute Gasteiger partial charge is 0.375 e. The van der Waals surface area contributed by atoms with Gasteiger partial charge in [0.05, 0.1) is 13.2 Å². The minimum Gasteiger partial charge on any atom is -0.375 e. The number of carbonyl (C=O) groups excluding carboxylic acids is 2. The van der Waals surface area contributed by atoms with Crippen LogP contribution >= 0.6 is 0 Å². The lowest BCUT2D eigenvalue weighted by Crippen LogP contribution is -2.62. The molecule has 0 aromatic heterocycles. The predicted molar refractivity (Wildman–Crippen MR) is 107 cm³/mol. The van der Waals surface area contributed by atoms with Gasteiger partial charge >= 0.3 is 0 Å². The summed E-state index contributed by atoms with van der Waals surface area (Å²) in [5, 5.41) is 2.67. The van der Waals surface area contributed by atoms with Crippen molar-refractivity contribution in [3.63, 3.8) is 0 Å². The van der Waals surface area contributed by atoms with Gasteiger partial charge in [-0.25, -0.2) is 4.39 Å². The van der Waals surface area contributed by atoms with Crippen molar-refractivity contribution < 1.29 is 23.5 Å². The molecule has 1 saturated heterocycles. The molecule has 2 aromatic rings. The molecule has 1 aliphatic heterocycles. The van der Waals surface area contributed by atoms with E-state index in [9.17, 15) is 14.0 Å². The molecule has 0 radical (unpaired) electrons. The summed E-state index contributed by atoms with van der Waals surface area (Å²) >= 11 is 0. The SMILES string of the molecule is CNC(=O)C1(Cc2ccccc2-c2ccc(F)cc2)CN(C(=O)COC)CCO1.